The van der Waals surface area contributed by atoms with E-state index in [0.29, 0.717) is 12.2 Å². The maximum atomic E-state index is 12.1. The predicted molar refractivity (Wildman–Crippen MR) is 74.3 cm³/mol. The van der Waals surface area contributed by atoms with E-state index in [-0.39, 0.29) is 17.7 Å². The molecule has 17 heavy (non-hydrogen) atoms. The van der Waals surface area contributed by atoms with Gasteiger partial charge in [-0.15, -0.1) is 0 Å². The topological polar surface area (TPSA) is 49.8 Å². The van der Waals surface area contributed by atoms with Gasteiger partial charge in [0.05, 0.1) is 16.2 Å². The fourth-order valence-electron chi connectivity index (χ4n) is 1.40. The molecule has 94 valence electrons. The molecule has 1 aromatic rings. The summed E-state index contributed by atoms with van der Waals surface area (Å²) in [5.41, 5.74) is 0.480. The molecule has 1 aromatic carbocycles. The fraction of sp³-hybridized carbons (Fsp3) is 0.417. The number of hydrogen-bond acceptors (Lipinski definition) is 3. The zero-order valence-corrected chi connectivity index (χ0v) is 12.3. The highest BCUT2D eigenvalue weighted by molar-refractivity contribution is 14.1. The third-order valence-electron chi connectivity index (χ3n) is 2.58. The predicted octanol–water partition coefficient (Wildman–Crippen LogP) is 2.10. The molecule has 0 aliphatic heterocycles. The van der Waals surface area contributed by atoms with Crippen LogP contribution in [0.15, 0.2) is 18.2 Å². The van der Waals surface area contributed by atoms with Crippen molar-refractivity contribution >= 4 is 28.5 Å². The molecule has 0 spiro atoms. The van der Waals surface area contributed by atoms with Gasteiger partial charge in [-0.05, 0) is 47.7 Å². The number of hydrogen-bond donors (Lipinski definition) is 1. The van der Waals surface area contributed by atoms with Crippen molar-refractivity contribution in [2.75, 3.05) is 20.8 Å². The number of aromatic hydroxyl groups is 1. The highest BCUT2D eigenvalue weighted by Crippen LogP contribution is 2.21. The van der Waals surface area contributed by atoms with E-state index in [9.17, 15) is 9.90 Å². The van der Waals surface area contributed by atoms with E-state index in [2.05, 4.69) is 0 Å². The van der Waals surface area contributed by atoms with Gasteiger partial charge < -0.3 is 14.7 Å². The average Bonchev–Trinajstić information content (AvgIpc) is 2.31. The van der Waals surface area contributed by atoms with Gasteiger partial charge in [0.2, 0.25) is 0 Å². The zero-order valence-electron chi connectivity index (χ0n) is 10.1. The van der Waals surface area contributed by atoms with Crippen molar-refractivity contribution in [3.05, 3.63) is 27.3 Å². The molecule has 5 heteroatoms. The van der Waals surface area contributed by atoms with Gasteiger partial charge in [0.1, 0.15) is 5.75 Å². The van der Waals surface area contributed by atoms with Crippen molar-refractivity contribution in [2.24, 2.45) is 0 Å². The number of methoxy groups -OCH3 is 1. The number of carbonyl (C=O) groups is 1. The number of halogens is 1. The van der Waals surface area contributed by atoms with E-state index in [4.69, 9.17) is 4.74 Å². The quantitative estimate of drug-likeness (QED) is 0.847. The Labute approximate surface area is 115 Å². The van der Waals surface area contributed by atoms with Gasteiger partial charge in [-0.3, -0.25) is 4.79 Å². The Hall–Kier alpha value is -0.820. The minimum Gasteiger partial charge on any atom is -0.507 e. The standard InChI is InChI=1S/C12H16INO3/c1-8(7-17-3)14(2)12(16)9-4-5-10(13)11(15)6-9/h4-6,8,15H,7H2,1-3H3. The highest BCUT2D eigenvalue weighted by atomic mass is 127. The lowest BCUT2D eigenvalue weighted by molar-refractivity contribution is 0.0633. The van der Waals surface area contributed by atoms with E-state index < -0.39 is 0 Å². The van der Waals surface area contributed by atoms with Gasteiger partial charge in [-0.25, -0.2) is 0 Å². The summed E-state index contributed by atoms with van der Waals surface area (Å²) in [7, 11) is 3.33. The van der Waals surface area contributed by atoms with Crippen LogP contribution in [0.4, 0.5) is 0 Å². The summed E-state index contributed by atoms with van der Waals surface area (Å²) in [5, 5.41) is 9.57. The fourth-order valence-corrected chi connectivity index (χ4v) is 1.74. The second-order valence-electron chi connectivity index (χ2n) is 3.89. The van der Waals surface area contributed by atoms with Crippen LogP contribution < -0.4 is 0 Å². The van der Waals surface area contributed by atoms with Crippen LogP contribution >= 0.6 is 22.6 Å². The monoisotopic (exact) mass is 349 g/mol. The zero-order chi connectivity index (χ0) is 13.0. The third kappa shape index (κ3) is 3.57. The lowest BCUT2D eigenvalue weighted by Crippen LogP contribution is -2.37. The molecule has 1 atom stereocenters. The van der Waals surface area contributed by atoms with E-state index >= 15 is 0 Å². The molecular weight excluding hydrogens is 333 g/mol. The van der Waals surface area contributed by atoms with Crippen molar-refractivity contribution in [1.82, 2.24) is 4.90 Å². The smallest absolute Gasteiger partial charge is 0.254 e. The second kappa shape index (κ2) is 6.20. The number of phenols is 1. The molecule has 0 radical (unpaired) electrons. The molecule has 4 nitrogen and oxygen atoms in total. The molecule has 1 rings (SSSR count). The van der Waals surface area contributed by atoms with Crippen molar-refractivity contribution in [2.45, 2.75) is 13.0 Å². The van der Waals surface area contributed by atoms with Crippen molar-refractivity contribution in [1.29, 1.82) is 0 Å². The lowest BCUT2D eigenvalue weighted by atomic mass is 10.1. The van der Waals surface area contributed by atoms with E-state index in [0.717, 1.165) is 3.57 Å². The number of rotatable bonds is 4. The van der Waals surface area contributed by atoms with Crippen LogP contribution in [0.1, 0.15) is 17.3 Å². The molecule has 0 aliphatic rings. The summed E-state index contributed by atoms with van der Waals surface area (Å²) >= 11 is 2.01. The first kappa shape index (κ1) is 14.2. The summed E-state index contributed by atoms with van der Waals surface area (Å²) in [4.78, 5) is 13.7. The van der Waals surface area contributed by atoms with Crippen LogP contribution in [-0.2, 0) is 4.74 Å². The summed E-state index contributed by atoms with van der Waals surface area (Å²) in [6.45, 7) is 2.40. The third-order valence-corrected chi connectivity index (χ3v) is 3.49. The van der Waals surface area contributed by atoms with Gasteiger partial charge in [0, 0.05) is 19.7 Å². The molecule has 1 N–H and O–H groups in total. The Balaban J connectivity index is 2.85. The number of benzene rings is 1. The van der Waals surface area contributed by atoms with Gasteiger partial charge in [-0.1, -0.05) is 0 Å². The number of likely N-dealkylation sites (N-methyl/N-ethyl adjacent to an activating group) is 1. The number of amides is 1. The molecule has 0 heterocycles. The van der Waals surface area contributed by atoms with Crippen molar-refractivity contribution in [3.63, 3.8) is 0 Å². The molecule has 0 saturated carbocycles. The largest absolute Gasteiger partial charge is 0.507 e. The van der Waals surface area contributed by atoms with Gasteiger partial charge >= 0.3 is 0 Å². The van der Waals surface area contributed by atoms with E-state index in [1.54, 1.807) is 31.2 Å². The molecule has 0 bridgehead atoms. The average molecular weight is 349 g/mol. The minimum absolute atomic E-state index is 0.00563. The summed E-state index contributed by atoms with van der Waals surface area (Å²) in [6, 6.07) is 4.91. The molecule has 0 fully saturated rings. The number of carbonyl (C=O) groups excluding carboxylic acids is 1. The van der Waals surface area contributed by atoms with Gasteiger partial charge in [-0.2, -0.15) is 0 Å². The Morgan fingerprint density at radius 2 is 2.24 bits per heavy atom. The van der Waals surface area contributed by atoms with E-state index in [1.807, 2.05) is 29.5 Å². The number of phenolic OH excluding ortho intramolecular Hbond substituents is 1. The Kier molecular flexibility index (Phi) is 5.20. The van der Waals surface area contributed by atoms with Crippen molar-refractivity contribution < 1.29 is 14.6 Å². The minimum atomic E-state index is -0.124. The molecule has 0 saturated heterocycles. The lowest BCUT2D eigenvalue weighted by Gasteiger charge is -2.24. The second-order valence-corrected chi connectivity index (χ2v) is 5.05. The molecule has 1 amide bonds. The summed E-state index contributed by atoms with van der Waals surface area (Å²) in [6.07, 6.45) is 0. The molecule has 0 aliphatic carbocycles. The van der Waals surface area contributed by atoms with Crippen LogP contribution in [0.2, 0.25) is 0 Å². The Bertz CT molecular complexity index is 409. The molecule has 1 unspecified atom stereocenters. The SMILES string of the molecule is COCC(C)N(C)C(=O)c1ccc(I)c(O)c1. The first-order valence-electron chi connectivity index (χ1n) is 5.22. The van der Waals surface area contributed by atoms with Crippen LogP contribution in [0, 0.1) is 3.57 Å². The highest BCUT2D eigenvalue weighted by Gasteiger charge is 2.18. The maximum absolute atomic E-state index is 12.1. The van der Waals surface area contributed by atoms with E-state index in [1.165, 1.54) is 6.07 Å². The Morgan fingerprint density at radius 3 is 2.76 bits per heavy atom. The van der Waals surface area contributed by atoms with Crippen LogP contribution in [0.3, 0.4) is 0 Å². The van der Waals surface area contributed by atoms with Crippen LogP contribution in [-0.4, -0.2) is 42.7 Å². The van der Waals surface area contributed by atoms with Crippen LogP contribution in [0.5, 0.6) is 5.75 Å². The summed E-state index contributed by atoms with van der Waals surface area (Å²) in [5.74, 6) is 0.00509. The number of ether oxygens (including phenoxy) is 1. The number of nitrogens with zero attached hydrogens (tertiary/aromatic N) is 1. The normalized spacial score (nSPS) is 12.2. The first-order chi connectivity index (χ1) is 7.97. The van der Waals surface area contributed by atoms with Crippen molar-refractivity contribution in [3.8, 4) is 5.75 Å². The summed E-state index contributed by atoms with van der Waals surface area (Å²) < 4.78 is 5.74. The van der Waals surface area contributed by atoms with Gasteiger partial charge in [0.25, 0.3) is 5.91 Å². The molecule has 0 aromatic heterocycles. The molecular formula is C12H16INO3. The first-order valence-corrected chi connectivity index (χ1v) is 6.30. The Morgan fingerprint density at radius 1 is 1.59 bits per heavy atom. The van der Waals surface area contributed by atoms with Crippen LogP contribution in [0.25, 0.3) is 0 Å². The van der Waals surface area contributed by atoms with Gasteiger partial charge in [0.15, 0.2) is 0 Å². The maximum Gasteiger partial charge on any atom is 0.254 e.